The summed E-state index contributed by atoms with van der Waals surface area (Å²) in [5.41, 5.74) is 4.32. The highest BCUT2D eigenvalue weighted by Gasteiger charge is 2.31. The third-order valence-electron chi connectivity index (χ3n) is 5.80. The van der Waals surface area contributed by atoms with Crippen molar-refractivity contribution in [2.45, 2.75) is 39.0 Å². The van der Waals surface area contributed by atoms with Crippen LogP contribution in [-0.2, 0) is 11.2 Å². The first-order valence-corrected chi connectivity index (χ1v) is 10.1. The quantitative estimate of drug-likeness (QED) is 0.522. The fourth-order valence-electron chi connectivity index (χ4n) is 4.08. The Balaban J connectivity index is 1.26. The van der Waals surface area contributed by atoms with Gasteiger partial charge in [-0.05, 0) is 66.6 Å². The molecule has 0 aliphatic heterocycles. The molecule has 1 heterocycles. The lowest BCUT2D eigenvalue weighted by molar-refractivity contribution is -0.141. The van der Waals surface area contributed by atoms with Gasteiger partial charge in [-0.2, -0.15) is 0 Å². The van der Waals surface area contributed by atoms with Gasteiger partial charge in [-0.1, -0.05) is 13.0 Å². The van der Waals surface area contributed by atoms with E-state index in [9.17, 15) is 9.90 Å². The van der Waals surface area contributed by atoms with E-state index in [0.29, 0.717) is 13.2 Å². The van der Waals surface area contributed by atoms with Gasteiger partial charge in [0.25, 0.3) is 0 Å². The van der Waals surface area contributed by atoms with Gasteiger partial charge in [-0.3, -0.25) is 4.79 Å². The number of ether oxygens (including phenoxy) is 2. The third kappa shape index (κ3) is 4.09. The summed E-state index contributed by atoms with van der Waals surface area (Å²) in [7, 11) is 0. The highest BCUT2D eigenvalue weighted by molar-refractivity contribution is 5.82. The number of benzene rings is 2. The van der Waals surface area contributed by atoms with Gasteiger partial charge < -0.3 is 19.0 Å². The van der Waals surface area contributed by atoms with E-state index in [1.807, 2.05) is 37.3 Å². The molecule has 0 spiro atoms. The predicted octanol–water partition coefficient (Wildman–Crippen LogP) is 5.34. The number of hydrogen-bond donors (Lipinski definition) is 1. The highest BCUT2D eigenvalue weighted by Crippen LogP contribution is 2.39. The molecule has 5 heteroatoms. The van der Waals surface area contributed by atoms with E-state index in [1.165, 1.54) is 5.56 Å². The molecule has 0 amide bonds. The normalized spacial score (nSPS) is 16.6. The zero-order valence-electron chi connectivity index (χ0n) is 16.8. The van der Waals surface area contributed by atoms with E-state index in [-0.39, 0.29) is 11.8 Å². The maximum absolute atomic E-state index is 11.3. The summed E-state index contributed by atoms with van der Waals surface area (Å²) in [6.45, 7) is 4.94. The average molecular weight is 394 g/mol. The molecule has 1 aromatic heterocycles. The van der Waals surface area contributed by atoms with Gasteiger partial charge in [0.2, 0.25) is 0 Å². The minimum absolute atomic E-state index is 0.0974. The number of carboxylic acid groups (broad SMARTS) is 1. The van der Waals surface area contributed by atoms with Gasteiger partial charge in [-0.25, -0.2) is 0 Å². The van der Waals surface area contributed by atoms with E-state index in [1.54, 1.807) is 13.2 Å². The maximum Gasteiger partial charge on any atom is 0.306 e. The molecule has 0 saturated heterocycles. The van der Waals surface area contributed by atoms with Gasteiger partial charge >= 0.3 is 5.97 Å². The van der Waals surface area contributed by atoms with Crippen molar-refractivity contribution in [3.05, 3.63) is 59.4 Å². The number of aryl methyl sites for hydroxylation is 2. The third-order valence-corrected chi connectivity index (χ3v) is 5.80. The summed E-state index contributed by atoms with van der Waals surface area (Å²) < 4.78 is 17.2. The van der Waals surface area contributed by atoms with Crippen molar-refractivity contribution in [3.63, 3.8) is 0 Å². The molecule has 1 N–H and O–H groups in total. The number of carboxylic acids is 1. The smallest absolute Gasteiger partial charge is 0.306 e. The summed E-state index contributed by atoms with van der Waals surface area (Å²) in [4.78, 5) is 11.3. The summed E-state index contributed by atoms with van der Waals surface area (Å²) in [6, 6.07) is 11.9. The van der Waals surface area contributed by atoms with Crippen LogP contribution in [-0.4, -0.2) is 24.3 Å². The Labute approximate surface area is 170 Å². The van der Waals surface area contributed by atoms with Crippen LogP contribution in [0.25, 0.3) is 11.0 Å². The lowest BCUT2D eigenvalue weighted by Gasteiger charge is -2.16. The summed E-state index contributed by atoms with van der Waals surface area (Å²) >= 11 is 0. The Bertz CT molecular complexity index is 1020. The van der Waals surface area contributed by atoms with Gasteiger partial charge in [0, 0.05) is 17.9 Å². The van der Waals surface area contributed by atoms with E-state index < -0.39 is 5.97 Å². The van der Waals surface area contributed by atoms with Crippen LogP contribution in [0.4, 0.5) is 0 Å². The molecule has 0 bridgehead atoms. The van der Waals surface area contributed by atoms with Crippen molar-refractivity contribution < 1.29 is 23.8 Å². The molecule has 1 aliphatic carbocycles. The number of fused-ring (bicyclic) bond motifs is 2. The summed E-state index contributed by atoms with van der Waals surface area (Å²) in [6.07, 6.45) is 4.32. The molecule has 2 aromatic carbocycles. The zero-order valence-corrected chi connectivity index (χ0v) is 16.8. The van der Waals surface area contributed by atoms with Gasteiger partial charge in [0.1, 0.15) is 17.1 Å². The van der Waals surface area contributed by atoms with Crippen molar-refractivity contribution in [3.8, 4) is 11.5 Å². The zero-order chi connectivity index (χ0) is 20.4. The molecule has 4 rings (SSSR count). The molecule has 1 aliphatic rings. The number of hydrogen-bond acceptors (Lipinski definition) is 4. The molecule has 0 unspecified atom stereocenters. The van der Waals surface area contributed by atoms with E-state index >= 15 is 0 Å². The molecular formula is C24H26O5. The standard InChI is InChI=1S/C24H26O5/c1-15-14-29-23-13-19(5-8-20(15)23)28-11-3-10-27-18-6-9-22-17(12-18)4-7-21(22)16(2)24(25)26/h5-6,8-9,12-14,16,21H,3-4,7,10-11H2,1-2H3,(H,25,26)/t16-,21-/m0/s1. The van der Waals surface area contributed by atoms with Crippen LogP contribution in [0.1, 0.15) is 42.4 Å². The van der Waals surface area contributed by atoms with Gasteiger partial charge in [-0.15, -0.1) is 0 Å². The Morgan fingerprint density at radius 1 is 1.17 bits per heavy atom. The monoisotopic (exact) mass is 394 g/mol. The number of carbonyl (C=O) groups is 1. The number of rotatable bonds is 8. The Morgan fingerprint density at radius 2 is 1.90 bits per heavy atom. The van der Waals surface area contributed by atoms with E-state index in [0.717, 1.165) is 52.9 Å². The molecule has 5 nitrogen and oxygen atoms in total. The molecular weight excluding hydrogens is 368 g/mol. The largest absolute Gasteiger partial charge is 0.493 e. The first-order chi connectivity index (χ1) is 14.0. The second-order valence-electron chi connectivity index (χ2n) is 7.76. The van der Waals surface area contributed by atoms with E-state index in [4.69, 9.17) is 13.9 Å². The molecule has 0 saturated carbocycles. The van der Waals surface area contributed by atoms with Crippen LogP contribution in [0.3, 0.4) is 0 Å². The number of aliphatic carboxylic acids is 1. The second-order valence-corrected chi connectivity index (χ2v) is 7.76. The lowest BCUT2D eigenvalue weighted by Crippen LogP contribution is -2.17. The topological polar surface area (TPSA) is 68.9 Å². The Kier molecular flexibility index (Phi) is 5.47. The van der Waals surface area contributed by atoms with Crippen molar-refractivity contribution in [2.24, 2.45) is 5.92 Å². The predicted molar refractivity (Wildman–Crippen MR) is 111 cm³/mol. The number of furan rings is 1. The molecule has 152 valence electrons. The fraction of sp³-hybridized carbons (Fsp3) is 0.375. The molecule has 0 fully saturated rings. The summed E-state index contributed by atoms with van der Waals surface area (Å²) in [5, 5.41) is 10.4. The average Bonchev–Trinajstić information content (AvgIpc) is 3.30. The second kappa shape index (κ2) is 8.19. The molecule has 2 atom stereocenters. The summed E-state index contributed by atoms with van der Waals surface area (Å²) in [5.74, 6) is 0.636. The van der Waals surface area contributed by atoms with Crippen LogP contribution in [0.15, 0.2) is 47.1 Å². The van der Waals surface area contributed by atoms with Crippen molar-refractivity contribution >= 4 is 16.9 Å². The maximum atomic E-state index is 11.3. The van der Waals surface area contributed by atoms with Crippen molar-refractivity contribution in [1.29, 1.82) is 0 Å². The first kappa shape index (κ1) is 19.4. The van der Waals surface area contributed by atoms with Crippen LogP contribution in [0.5, 0.6) is 11.5 Å². The van der Waals surface area contributed by atoms with Crippen LogP contribution in [0, 0.1) is 12.8 Å². The Hall–Kier alpha value is -2.95. The first-order valence-electron chi connectivity index (χ1n) is 10.1. The van der Waals surface area contributed by atoms with Crippen molar-refractivity contribution in [2.75, 3.05) is 13.2 Å². The molecule has 29 heavy (non-hydrogen) atoms. The van der Waals surface area contributed by atoms with Gasteiger partial charge in [0.05, 0.1) is 25.4 Å². The minimum Gasteiger partial charge on any atom is -0.493 e. The van der Waals surface area contributed by atoms with Crippen LogP contribution in [0.2, 0.25) is 0 Å². The molecule has 3 aromatic rings. The lowest BCUT2D eigenvalue weighted by atomic mass is 9.89. The SMILES string of the molecule is Cc1coc2cc(OCCCOc3ccc4c(c3)CC[C@H]4[C@H](C)C(=O)O)ccc12. The fourth-order valence-corrected chi connectivity index (χ4v) is 4.08. The van der Waals surface area contributed by atoms with Crippen LogP contribution < -0.4 is 9.47 Å². The van der Waals surface area contributed by atoms with E-state index in [2.05, 4.69) is 6.07 Å². The minimum atomic E-state index is -0.732. The van der Waals surface area contributed by atoms with Crippen molar-refractivity contribution in [1.82, 2.24) is 0 Å². The van der Waals surface area contributed by atoms with Gasteiger partial charge in [0.15, 0.2) is 0 Å². The highest BCUT2D eigenvalue weighted by atomic mass is 16.5. The Morgan fingerprint density at radius 3 is 2.66 bits per heavy atom. The van der Waals surface area contributed by atoms with Crippen LogP contribution >= 0.6 is 0 Å². The molecule has 0 radical (unpaired) electrons.